The van der Waals surface area contributed by atoms with E-state index in [0.29, 0.717) is 0 Å². The van der Waals surface area contributed by atoms with Crippen molar-refractivity contribution in [1.82, 2.24) is 15.2 Å². The highest BCUT2D eigenvalue weighted by Gasteiger charge is 2.23. The Morgan fingerprint density at radius 3 is 2.93 bits per heavy atom. The normalized spacial score (nSPS) is 12.2. The molecule has 3 heteroatoms. The predicted octanol–water partition coefficient (Wildman–Crippen LogP) is 3.04. The molecule has 0 atom stereocenters. The maximum absolute atomic E-state index is 4.28. The summed E-state index contributed by atoms with van der Waals surface area (Å²) in [5, 5.41) is 8.63. The summed E-state index contributed by atoms with van der Waals surface area (Å²) in [7, 11) is 0. The molecule has 1 N–H and O–H groups in total. The van der Waals surface area contributed by atoms with Crippen LogP contribution < -0.4 is 0 Å². The Kier molecular flexibility index (Phi) is 2.47. The summed E-state index contributed by atoms with van der Waals surface area (Å²) < 4.78 is 0. The van der Waals surface area contributed by atoms with Crippen LogP contribution in [0, 0.1) is 0 Å². The van der Waals surface area contributed by atoms with Gasteiger partial charge in [-0.25, -0.2) is 0 Å². The van der Waals surface area contributed by atoms with Gasteiger partial charge >= 0.3 is 0 Å². The second-order valence-corrected chi connectivity index (χ2v) is 4.63. The first-order valence-corrected chi connectivity index (χ1v) is 5.43. The quantitative estimate of drug-likeness (QED) is 0.833. The van der Waals surface area contributed by atoms with Gasteiger partial charge in [0.15, 0.2) is 0 Å². The third-order valence-corrected chi connectivity index (χ3v) is 2.91. The predicted molar refractivity (Wildman–Crippen MR) is 61.8 cm³/mol. The van der Waals surface area contributed by atoms with Crippen molar-refractivity contribution >= 4 is 10.9 Å². The van der Waals surface area contributed by atoms with Gasteiger partial charge in [-0.2, -0.15) is 5.10 Å². The number of aromatic amines is 1. The van der Waals surface area contributed by atoms with Crippen LogP contribution in [-0.4, -0.2) is 15.2 Å². The van der Waals surface area contributed by atoms with Gasteiger partial charge in [0.1, 0.15) is 5.52 Å². The molecule has 2 aromatic heterocycles. The van der Waals surface area contributed by atoms with Crippen LogP contribution in [0.1, 0.15) is 39.3 Å². The summed E-state index contributed by atoms with van der Waals surface area (Å²) in [5.41, 5.74) is 2.34. The van der Waals surface area contributed by atoms with E-state index in [2.05, 4.69) is 36.0 Å². The molecule has 0 aliphatic carbocycles. The number of hydrogen-bond donors (Lipinski definition) is 1. The van der Waals surface area contributed by atoms with Crippen LogP contribution in [0.25, 0.3) is 10.9 Å². The molecule has 0 radical (unpaired) electrons. The first-order chi connectivity index (χ1) is 7.15. The maximum Gasteiger partial charge on any atom is 0.111 e. The highest BCUT2D eigenvalue weighted by molar-refractivity contribution is 5.81. The smallest absolute Gasteiger partial charge is 0.111 e. The third-order valence-electron chi connectivity index (χ3n) is 2.91. The summed E-state index contributed by atoms with van der Waals surface area (Å²) in [6.07, 6.45) is 5.96. The molecular formula is C12H17N3. The van der Waals surface area contributed by atoms with E-state index in [4.69, 9.17) is 0 Å². The van der Waals surface area contributed by atoms with Gasteiger partial charge in [-0.1, -0.05) is 27.2 Å². The first kappa shape index (κ1) is 10.1. The minimum absolute atomic E-state index is 0.158. The molecule has 0 amide bonds. The van der Waals surface area contributed by atoms with E-state index < -0.39 is 0 Å². The summed E-state index contributed by atoms with van der Waals surface area (Å²) in [4.78, 5) is 4.07. The monoisotopic (exact) mass is 203 g/mol. The van der Waals surface area contributed by atoms with Crippen molar-refractivity contribution in [3.8, 4) is 0 Å². The number of hydrogen-bond acceptors (Lipinski definition) is 2. The van der Waals surface area contributed by atoms with Crippen LogP contribution in [0.4, 0.5) is 0 Å². The molecule has 0 spiro atoms. The molecule has 0 aromatic carbocycles. The van der Waals surface area contributed by atoms with Crippen LogP contribution >= 0.6 is 0 Å². The van der Waals surface area contributed by atoms with Crippen molar-refractivity contribution in [1.29, 1.82) is 0 Å². The summed E-state index contributed by atoms with van der Waals surface area (Å²) >= 11 is 0. The lowest BCUT2D eigenvalue weighted by Crippen LogP contribution is -2.17. The second-order valence-electron chi connectivity index (χ2n) is 4.63. The standard InChI is InChI=1S/C12H17N3/c1-4-6-12(2,3)11-9-5-7-13-8-10(9)14-15-11/h5,7-8H,4,6H2,1-3H3,(H,14,15). The number of pyridine rings is 1. The summed E-state index contributed by atoms with van der Waals surface area (Å²) in [6.45, 7) is 6.72. The van der Waals surface area contributed by atoms with E-state index in [1.54, 1.807) is 6.20 Å². The van der Waals surface area contributed by atoms with E-state index in [-0.39, 0.29) is 5.41 Å². The zero-order valence-corrected chi connectivity index (χ0v) is 9.54. The number of fused-ring (bicyclic) bond motifs is 1. The van der Waals surface area contributed by atoms with E-state index in [0.717, 1.165) is 11.9 Å². The number of rotatable bonds is 3. The van der Waals surface area contributed by atoms with Crippen LogP contribution in [0.15, 0.2) is 18.5 Å². The van der Waals surface area contributed by atoms with Gasteiger partial charge in [0.25, 0.3) is 0 Å². The molecule has 0 saturated carbocycles. The van der Waals surface area contributed by atoms with Crippen molar-refractivity contribution in [3.63, 3.8) is 0 Å². The topological polar surface area (TPSA) is 41.6 Å². The molecule has 2 heterocycles. The minimum Gasteiger partial charge on any atom is -0.281 e. The fourth-order valence-electron chi connectivity index (χ4n) is 2.13. The van der Waals surface area contributed by atoms with Gasteiger partial charge in [0.05, 0.1) is 6.20 Å². The molecule has 0 bridgehead atoms. The summed E-state index contributed by atoms with van der Waals surface area (Å²) in [6, 6.07) is 2.03. The molecule has 80 valence electrons. The van der Waals surface area contributed by atoms with Crippen molar-refractivity contribution in [3.05, 3.63) is 24.2 Å². The number of nitrogens with one attached hydrogen (secondary N) is 1. The van der Waals surface area contributed by atoms with Crippen molar-refractivity contribution in [2.45, 2.75) is 39.0 Å². The third kappa shape index (κ3) is 1.74. The number of H-pyrrole nitrogens is 1. The van der Waals surface area contributed by atoms with Crippen LogP contribution in [0.3, 0.4) is 0 Å². The van der Waals surface area contributed by atoms with E-state index in [1.807, 2.05) is 12.3 Å². The molecule has 2 aromatic rings. The van der Waals surface area contributed by atoms with E-state index >= 15 is 0 Å². The molecule has 15 heavy (non-hydrogen) atoms. The van der Waals surface area contributed by atoms with Gasteiger partial charge in [-0.15, -0.1) is 0 Å². The molecule has 0 aliphatic rings. The zero-order chi connectivity index (χ0) is 10.9. The largest absolute Gasteiger partial charge is 0.281 e. The Hall–Kier alpha value is -1.38. The van der Waals surface area contributed by atoms with Crippen LogP contribution in [0.5, 0.6) is 0 Å². The second kappa shape index (κ2) is 3.65. The van der Waals surface area contributed by atoms with Crippen molar-refractivity contribution < 1.29 is 0 Å². The summed E-state index contributed by atoms with van der Waals surface area (Å²) in [5.74, 6) is 0. The molecule has 0 fully saturated rings. The van der Waals surface area contributed by atoms with Crippen LogP contribution in [-0.2, 0) is 5.41 Å². The molecule has 0 unspecified atom stereocenters. The Morgan fingerprint density at radius 2 is 2.20 bits per heavy atom. The van der Waals surface area contributed by atoms with Gasteiger partial charge in [0, 0.05) is 22.7 Å². The van der Waals surface area contributed by atoms with Gasteiger partial charge < -0.3 is 0 Å². The highest BCUT2D eigenvalue weighted by atomic mass is 15.1. The zero-order valence-electron chi connectivity index (χ0n) is 9.54. The van der Waals surface area contributed by atoms with Crippen molar-refractivity contribution in [2.24, 2.45) is 0 Å². The molecule has 0 aliphatic heterocycles. The number of aromatic nitrogens is 3. The average molecular weight is 203 g/mol. The SMILES string of the molecule is CCCC(C)(C)c1[nH]nc2cnccc12. The minimum atomic E-state index is 0.158. The van der Waals surface area contributed by atoms with Crippen LogP contribution in [0.2, 0.25) is 0 Å². The van der Waals surface area contributed by atoms with Crippen molar-refractivity contribution in [2.75, 3.05) is 0 Å². The highest BCUT2D eigenvalue weighted by Crippen LogP contribution is 2.31. The fourth-order valence-corrected chi connectivity index (χ4v) is 2.13. The molecule has 2 rings (SSSR count). The Labute approximate surface area is 89.9 Å². The van der Waals surface area contributed by atoms with Gasteiger partial charge in [-0.05, 0) is 12.5 Å². The maximum atomic E-state index is 4.28. The Morgan fingerprint density at radius 1 is 1.40 bits per heavy atom. The van der Waals surface area contributed by atoms with E-state index in [9.17, 15) is 0 Å². The lowest BCUT2D eigenvalue weighted by atomic mass is 9.83. The Bertz CT molecular complexity index is 457. The van der Waals surface area contributed by atoms with E-state index in [1.165, 1.54) is 17.5 Å². The van der Waals surface area contributed by atoms with Gasteiger partial charge in [0.2, 0.25) is 0 Å². The lowest BCUT2D eigenvalue weighted by molar-refractivity contribution is 0.462. The Balaban J connectivity index is 2.52. The molecule has 0 saturated heterocycles. The number of nitrogens with zero attached hydrogens (tertiary/aromatic N) is 2. The van der Waals surface area contributed by atoms with Gasteiger partial charge in [-0.3, -0.25) is 10.1 Å². The average Bonchev–Trinajstić information content (AvgIpc) is 2.61. The molecular weight excluding hydrogens is 186 g/mol. The first-order valence-electron chi connectivity index (χ1n) is 5.43. The molecule has 3 nitrogen and oxygen atoms in total. The fraction of sp³-hybridized carbons (Fsp3) is 0.500. The lowest BCUT2D eigenvalue weighted by Gasteiger charge is -2.22.